The van der Waals surface area contributed by atoms with E-state index in [1.807, 2.05) is 18.2 Å². The lowest BCUT2D eigenvalue weighted by Crippen LogP contribution is -2.40. The summed E-state index contributed by atoms with van der Waals surface area (Å²) in [6, 6.07) is 10.3. The standard InChI is InChI=1S/C19H20N6O2/c26-18-16(10-21-17(23-18)11-25-13-20-12-22-25)19(27)24-8-6-15(7-9-24)14-4-2-1-3-5-14/h1-5,10,12-13,15H,6-9,11H2,(H,21,23,26). The fraction of sp³-hybridized carbons (Fsp3) is 0.316. The average Bonchev–Trinajstić information content (AvgIpc) is 3.21. The van der Waals surface area contributed by atoms with Gasteiger partial charge in [0.2, 0.25) is 0 Å². The van der Waals surface area contributed by atoms with E-state index >= 15 is 0 Å². The average molecular weight is 364 g/mol. The molecule has 0 radical (unpaired) electrons. The Labute approximate surface area is 155 Å². The number of H-pyrrole nitrogens is 1. The van der Waals surface area contributed by atoms with E-state index in [1.54, 1.807) is 9.58 Å². The molecule has 1 amide bonds. The van der Waals surface area contributed by atoms with Crippen molar-refractivity contribution in [3.63, 3.8) is 0 Å². The number of hydrogen-bond acceptors (Lipinski definition) is 5. The quantitative estimate of drug-likeness (QED) is 0.755. The maximum absolute atomic E-state index is 12.7. The zero-order chi connectivity index (χ0) is 18.6. The highest BCUT2D eigenvalue weighted by molar-refractivity contribution is 5.93. The summed E-state index contributed by atoms with van der Waals surface area (Å²) < 4.78 is 1.55. The minimum absolute atomic E-state index is 0.0792. The third-order valence-electron chi connectivity index (χ3n) is 4.91. The number of nitrogens with one attached hydrogen (secondary N) is 1. The van der Waals surface area contributed by atoms with Crippen LogP contribution < -0.4 is 5.56 Å². The lowest BCUT2D eigenvalue weighted by Gasteiger charge is -2.32. The minimum Gasteiger partial charge on any atom is -0.338 e. The molecule has 1 saturated heterocycles. The second kappa shape index (κ2) is 7.53. The van der Waals surface area contributed by atoms with E-state index in [-0.39, 0.29) is 11.5 Å². The Bertz CT molecular complexity index is 959. The van der Waals surface area contributed by atoms with E-state index in [2.05, 4.69) is 32.2 Å². The first-order chi connectivity index (χ1) is 13.2. The van der Waals surface area contributed by atoms with Crippen LogP contribution in [-0.4, -0.2) is 48.6 Å². The van der Waals surface area contributed by atoms with Crippen LogP contribution in [0.3, 0.4) is 0 Å². The zero-order valence-corrected chi connectivity index (χ0v) is 14.8. The highest BCUT2D eigenvalue weighted by atomic mass is 16.2. The largest absolute Gasteiger partial charge is 0.338 e. The lowest BCUT2D eigenvalue weighted by molar-refractivity contribution is 0.0710. The number of nitrogens with zero attached hydrogens (tertiary/aromatic N) is 5. The SMILES string of the molecule is O=C(c1cnc(Cn2cncn2)[nH]c1=O)N1CCC(c2ccccc2)CC1. The van der Waals surface area contributed by atoms with Crippen molar-refractivity contribution >= 4 is 5.91 Å². The zero-order valence-electron chi connectivity index (χ0n) is 14.8. The van der Waals surface area contributed by atoms with Crippen LogP contribution in [0.5, 0.6) is 0 Å². The molecule has 0 atom stereocenters. The summed E-state index contributed by atoms with van der Waals surface area (Å²) in [6.07, 6.45) is 6.10. The van der Waals surface area contributed by atoms with Gasteiger partial charge in [0.05, 0.1) is 0 Å². The molecule has 1 aliphatic heterocycles. The predicted molar refractivity (Wildman–Crippen MR) is 98.3 cm³/mol. The first kappa shape index (κ1) is 17.1. The summed E-state index contributed by atoms with van der Waals surface area (Å²) in [4.78, 5) is 37.5. The Kier molecular flexibility index (Phi) is 4.78. The van der Waals surface area contributed by atoms with Crippen LogP contribution in [0.25, 0.3) is 0 Å². The molecule has 4 rings (SSSR count). The summed E-state index contributed by atoms with van der Waals surface area (Å²) in [5.74, 6) is 0.629. The van der Waals surface area contributed by atoms with Gasteiger partial charge >= 0.3 is 0 Å². The van der Waals surface area contributed by atoms with Crippen molar-refractivity contribution in [1.29, 1.82) is 0 Å². The van der Waals surface area contributed by atoms with Crippen LogP contribution in [0.2, 0.25) is 0 Å². The van der Waals surface area contributed by atoms with Gasteiger partial charge in [0.15, 0.2) is 0 Å². The van der Waals surface area contributed by atoms with Gasteiger partial charge in [-0.05, 0) is 24.3 Å². The molecule has 1 aromatic carbocycles. The van der Waals surface area contributed by atoms with E-state index in [1.165, 1.54) is 24.4 Å². The van der Waals surface area contributed by atoms with Crippen LogP contribution >= 0.6 is 0 Å². The monoisotopic (exact) mass is 364 g/mol. The van der Waals surface area contributed by atoms with Crippen molar-refractivity contribution in [3.05, 3.63) is 76.5 Å². The van der Waals surface area contributed by atoms with Gasteiger partial charge < -0.3 is 9.88 Å². The summed E-state index contributed by atoms with van der Waals surface area (Å²) >= 11 is 0. The highest BCUT2D eigenvalue weighted by Gasteiger charge is 2.26. The van der Waals surface area contributed by atoms with Crippen LogP contribution in [0.4, 0.5) is 0 Å². The maximum atomic E-state index is 12.7. The predicted octanol–water partition coefficient (Wildman–Crippen LogP) is 1.43. The fourth-order valence-electron chi connectivity index (χ4n) is 3.44. The molecule has 3 heterocycles. The molecule has 1 aliphatic rings. The van der Waals surface area contributed by atoms with Crippen molar-refractivity contribution in [2.24, 2.45) is 0 Å². The number of piperidine rings is 1. The van der Waals surface area contributed by atoms with Crippen LogP contribution in [0.1, 0.15) is 40.5 Å². The van der Waals surface area contributed by atoms with E-state index in [0.717, 1.165) is 12.8 Å². The van der Waals surface area contributed by atoms with Crippen molar-refractivity contribution in [2.75, 3.05) is 13.1 Å². The van der Waals surface area contributed by atoms with Crippen molar-refractivity contribution < 1.29 is 4.79 Å². The number of likely N-dealkylation sites (tertiary alicyclic amines) is 1. The first-order valence-electron chi connectivity index (χ1n) is 8.95. The Morgan fingerprint density at radius 2 is 1.96 bits per heavy atom. The first-order valence-corrected chi connectivity index (χ1v) is 8.95. The maximum Gasteiger partial charge on any atom is 0.263 e. The summed E-state index contributed by atoms with van der Waals surface area (Å²) in [5, 5.41) is 3.97. The molecule has 1 fully saturated rings. The molecule has 8 nitrogen and oxygen atoms in total. The number of aromatic amines is 1. The van der Waals surface area contributed by atoms with Crippen molar-refractivity contribution in [2.45, 2.75) is 25.3 Å². The molecule has 0 bridgehead atoms. The van der Waals surface area contributed by atoms with Crippen molar-refractivity contribution in [3.8, 4) is 0 Å². The van der Waals surface area contributed by atoms with Crippen LogP contribution in [0, 0.1) is 0 Å². The van der Waals surface area contributed by atoms with E-state index < -0.39 is 5.56 Å². The van der Waals surface area contributed by atoms with Gasteiger partial charge in [-0.3, -0.25) is 9.59 Å². The Morgan fingerprint density at radius 3 is 2.63 bits per heavy atom. The lowest BCUT2D eigenvalue weighted by atomic mass is 9.89. The second-order valence-corrected chi connectivity index (χ2v) is 6.64. The van der Waals surface area contributed by atoms with E-state index in [4.69, 9.17) is 0 Å². The number of amides is 1. The third kappa shape index (κ3) is 3.79. The normalized spacial score (nSPS) is 15.0. The van der Waals surface area contributed by atoms with Crippen LogP contribution in [-0.2, 0) is 6.54 Å². The molecule has 0 aliphatic carbocycles. The van der Waals surface area contributed by atoms with Gasteiger partial charge in [-0.1, -0.05) is 30.3 Å². The van der Waals surface area contributed by atoms with Crippen LogP contribution in [0.15, 0.2) is 54.0 Å². The smallest absolute Gasteiger partial charge is 0.263 e. The van der Waals surface area contributed by atoms with Gasteiger partial charge in [-0.15, -0.1) is 0 Å². The summed E-state index contributed by atoms with van der Waals surface area (Å²) in [7, 11) is 0. The molecule has 27 heavy (non-hydrogen) atoms. The van der Waals surface area contributed by atoms with E-state index in [9.17, 15) is 9.59 Å². The Hall–Kier alpha value is -3.29. The number of carbonyl (C=O) groups is 1. The van der Waals surface area contributed by atoms with Crippen molar-refractivity contribution in [1.82, 2.24) is 29.6 Å². The summed E-state index contributed by atoms with van der Waals surface area (Å²) in [5.41, 5.74) is 0.965. The Balaban J connectivity index is 1.42. The molecular weight excluding hydrogens is 344 g/mol. The molecule has 138 valence electrons. The fourth-order valence-corrected chi connectivity index (χ4v) is 3.44. The van der Waals surface area contributed by atoms with Gasteiger partial charge in [-0.25, -0.2) is 14.6 Å². The number of hydrogen-bond donors (Lipinski definition) is 1. The number of carbonyl (C=O) groups excluding carboxylic acids is 1. The third-order valence-corrected chi connectivity index (χ3v) is 4.91. The second-order valence-electron chi connectivity index (χ2n) is 6.64. The molecule has 0 saturated carbocycles. The van der Waals surface area contributed by atoms with E-state index in [0.29, 0.717) is 31.4 Å². The molecule has 0 unspecified atom stereocenters. The highest BCUT2D eigenvalue weighted by Crippen LogP contribution is 2.28. The number of aromatic nitrogens is 5. The number of benzene rings is 1. The van der Waals surface area contributed by atoms with Gasteiger partial charge in [0.1, 0.15) is 30.6 Å². The molecule has 8 heteroatoms. The molecular formula is C19H20N6O2. The summed E-state index contributed by atoms with van der Waals surface area (Å²) in [6.45, 7) is 1.57. The molecule has 2 aromatic heterocycles. The number of rotatable bonds is 4. The van der Waals surface area contributed by atoms with Gasteiger partial charge in [0.25, 0.3) is 11.5 Å². The molecule has 3 aromatic rings. The van der Waals surface area contributed by atoms with Gasteiger partial charge in [0, 0.05) is 19.3 Å². The van der Waals surface area contributed by atoms with Gasteiger partial charge in [-0.2, -0.15) is 5.10 Å². The molecule has 0 spiro atoms. The molecule has 1 N–H and O–H groups in total. The minimum atomic E-state index is -0.421. The Morgan fingerprint density at radius 1 is 1.19 bits per heavy atom. The topological polar surface area (TPSA) is 96.8 Å².